The van der Waals surface area contributed by atoms with Crippen molar-refractivity contribution in [1.82, 2.24) is 9.46 Å². The van der Waals surface area contributed by atoms with Crippen molar-refractivity contribution in [2.24, 2.45) is 0 Å². The lowest BCUT2D eigenvalue weighted by molar-refractivity contribution is 0.263. The van der Waals surface area contributed by atoms with Crippen LogP contribution in [0.15, 0.2) is 97.6 Å². The van der Waals surface area contributed by atoms with E-state index in [1.54, 1.807) is 12.2 Å². The summed E-state index contributed by atoms with van der Waals surface area (Å²) in [6.07, 6.45) is 6.37. The van der Waals surface area contributed by atoms with Gasteiger partial charge in [-0.3, -0.25) is 18.2 Å². The zero-order chi connectivity index (χ0) is 34.8. The van der Waals surface area contributed by atoms with Crippen LogP contribution in [0, 0.1) is 27.7 Å². The van der Waals surface area contributed by atoms with Gasteiger partial charge in [-0.15, -0.1) is 20.8 Å². The van der Waals surface area contributed by atoms with Gasteiger partial charge >= 0.3 is 20.2 Å². The highest BCUT2D eigenvalue weighted by atomic mass is 35.5. The molecule has 2 aromatic carbocycles. The Morgan fingerprint density at radius 1 is 0.604 bits per heavy atom. The van der Waals surface area contributed by atoms with Crippen LogP contribution in [-0.4, -0.2) is 26.3 Å². The SMILES string of the molecule is Cc1ccc(C=Cc2ccc(C)c(=O)n2OS(=O)(=O)c2cc(S(=O)(=O)On3c(C=Cc4ccc(C)cc4)ccc(C)c3=O)c(Cl)s2)cc1. The molecule has 48 heavy (non-hydrogen) atoms. The van der Waals surface area contributed by atoms with Crippen molar-refractivity contribution < 1.29 is 25.4 Å². The predicted octanol–water partition coefficient (Wildman–Crippen LogP) is 5.93. The van der Waals surface area contributed by atoms with E-state index in [9.17, 15) is 26.4 Å². The van der Waals surface area contributed by atoms with E-state index in [0.717, 1.165) is 28.3 Å². The van der Waals surface area contributed by atoms with Gasteiger partial charge in [0.05, 0.1) is 11.4 Å². The van der Waals surface area contributed by atoms with Gasteiger partial charge in [0.15, 0.2) is 4.21 Å². The zero-order valence-corrected chi connectivity index (χ0v) is 29.3. The van der Waals surface area contributed by atoms with Crippen LogP contribution in [0.2, 0.25) is 4.34 Å². The molecular weight excluding hydrogens is 696 g/mol. The molecule has 10 nitrogen and oxygen atoms in total. The number of hydrogen-bond donors (Lipinski definition) is 0. The molecule has 0 aliphatic rings. The molecule has 0 radical (unpaired) electrons. The maximum Gasteiger partial charge on any atom is 0.366 e. The largest absolute Gasteiger partial charge is 0.366 e. The second-order valence-electron chi connectivity index (χ2n) is 10.8. The molecule has 0 saturated heterocycles. The van der Waals surface area contributed by atoms with E-state index in [4.69, 9.17) is 20.2 Å². The van der Waals surface area contributed by atoms with Crippen LogP contribution in [0.4, 0.5) is 0 Å². The summed E-state index contributed by atoms with van der Waals surface area (Å²) in [4.78, 5) is 25.3. The number of halogens is 1. The Balaban J connectivity index is 1.46. The second-order valence-corrected chi connectivity index (χ2v) is 15.7. The highest BCUT2D eigenvalue weighted by Gasteiger charge is 2.31. The number of aryl methyl sites for hydroxylation is 4. The third-order valence-corrected chi connectivity index (χ3v) is 11.5. The summed E-state index contributed by atoms with van der Waals surface area (Å²) in [5.41, 5.74) is 2.80. The van der Waals surface area contributed by atoms with E-state index in [1.165, 1.54) is 50.3 Å². The Bertz CT molecular complexity index is 2410. The van der Waals surface area contributed by atoms with Gasteiger partial charge in [-0.2, -0.15) is 16.8 Å². The Labute approximate surface area is 286 Å². The number of nitrogens with zero attached hydrogens (tertiary/aromatic N) is 2. The molecule has 248 valence electrons. The van der Waals surface area contributed by atoms with Crippen LogP contribution in [0.5, 0.6) is 0 Å². The summed E-state index contributed by atoms with van der Waals surface area (Å²) in [6, 6.07) is 21.8. The fourth-order valence-electron chi connectivity index (χ4n) is 4.27. The molecule has 0 spiro atoms. The fraction of sp³-hybridized carbons (Fsp3) is 0.118. The quantitative estimate of drug-likeness (QED) is 0.173. The lowest BCUT2D eigenvalue weighted by Crippen LogP contribution is -2.33. The lowest BCUT2D eigenvalue weighted by atomic mass is 10.1. The van der Waals surface area contributed by atoms with Gasteiger partial charge in [0.2, 0.25) is 0 Å². The number of pyridine rings is 2. The van der Waals surface area contributed by atoms with Gasteiger partial charge in [0.25, 0.3) is 11.1 Å². The van der Waals surface area contributed by atoms with Gasteiger partial charge in [0, 0.05) is 11.1 Å². The highest BCUT2D eigenvalue weighted by molar-refractivity contribution is 7.90. The average molecular weight is 725 g/mol. The Morgan fingerprint density at radius 2 is 1.02 bits per heavy atom. The number of thiophene rings is 1. The van der Waals surface area contributed by atoms with E-state index >= 15 is 0 Å². The van der Waals surface area contributed by atoms with Gasteiger partial charge in [0.1, 0.15) is 9.23 Å². The summed E-state index contributed by atoms with van der Waals surface area (Å²) in [5, 5.41) is 0. The summed E-state index contributed by atoms with van der Waals surface area (Å²) >= 11 is 6.63. The molecule has 0 atom stereocenters. The van der Waals surface area contributed by atoms with Crippen LogP contribution in [0.3, 0.4) is 0 Å². The minimum atomic E-state index is -4.86. The number of hydrogen-bond acceptors (Lipinski definition) is 9. The lowest BCUT2D eigenvalue weighted by Gasteiger charge is -2.12. The molecule has 0 fully saturated rings. The van der Waals surface area contributed by atoms with E-state index in [0.29, 0.717) is 20.8 Å². The number of benzene rings is 2. The first-order valence-corrected chi connectivity index (χ1v) is 18.3. The van der Waals surface area contributed by atoms with Gasteiger partial charge < -0.3 is 0 Å². The van der Waals surface area contributed by atoms with Crippen molar-refractivity contribution in [2.75, 3.05) is 0 Å². The molecule has 5 aromatic rings. The molecule has 3 aromatic heterocycles. The maximum atomic E-state index is 13.5. The molecule has 14 heteroatoms. The van der Waals surface area contributed by atoms with Gasteiger partial charge in [-0.25, -0.2) is 0 Å². The maximum absolute atomic E-state index is 13.5. The third-order valence-electron chi connectivity index (χ3n) is 7.06. The van der Waals surface area contributed by atoms with E-state index in [1.807, 2.05) is 62.4 Å². The van der Waals surface area contributed by atoms with Crippen LogP contribution in [0.25, 0.3) is 24.3 Å². The summed E-state index contributed by atoms with van der Waals surface area (Å²) in [5.74, 6) is 0. The third kappa shape index (κ3) is 7.71. The van der Waals surface area contributed by atoms with Crippen molar-refractivity contribution >= 4 is 67.5 Å². The summed E-state index contributed by atoms with van der Waals surface area (Å²) in [6.45, 7) is 6.85. The first-order chi connectivity index (χ1) is 22.6. The van der Waals surface area contributed by atoms with Crippen molar-refractivity contribution in [1.29, 1.82) is 0 Å². The van der Waals surface area contributed by atoms with Crippen molar-refractivity contribution in [3.8, 4) is 0 Å². The van der Waals surface area contributed by atoms with E-state index < -0.39 is 44.8 Å². The van der Waals surface area contributed by atoms with E-state index in [-0.39, 0.29) is 22.5 Å². The Morgan fingerprint density at radius 3 is 1.46 bits per heavy atom. The molecule has 0 aliphatic carbocycles. The van der Waals surface area contributed by atoms with Gasteiger partial charge in [-0.05, 0) is 69.2 Å². The molecule has 0 aliphatic heterocycles. The zero-order valence-electron chi connectivity index (χ0n) is 26.1. The fourth-order valence-corrected chi connectivity index (χ4v) is 8.41. The molecule has 0 N–H and O–H groups in total. The Kier molecular flexibility index (Phi) is 9.97. The molecule has 5 rings (SSSR count). The summed E-state index contributed by atoms with van der Waals surface area (Å²) in [7, 11) is -9.66. The molecule has 0 unspecified atom stereocenters. The minimum absolute atomic E-state index is 0.0994. The van der Waals surface area contributed by atoms with Crippen LogP contribution in [-0.2, 0) is 20.2 Å². The number of aromatic nitrogens is 2. The van der Waals surface area contributed by atoms with Crippen LogP contribution < -0.4 is 19.7 Å². The van der Waals surface area contributed by atoms with Crippen molar-refractivity contribution in [3.05, 3.63) is 149 Å². The highest BCUT2D eigenvalue weighted by Crippen LogP contribution is 2.34. The van der Waals surface area contributed by atoms with Crippen LogP contribution >= 0.6 is 22.9 Å². The predicted molar refractivity (Wildman–Crippen MR) is 188 cm³/mol. The second kappa shape index (κ2) is 13.8. The summed E-state index contributed by atoms with van der Waals surface area (Å²) < 4.78 is 64.4. The van der Waals surface area contributed by atoms with Crippen molar-refractivity contribution in [3.63, 3.8) is 0 Å². The topological polar surface area (TPSA) is 131 Å². The number of rotatable bonds is 10. The monoisotopic (exact) mass is 724 g/mol. The minimum Gasteiger partial charge on any atom is -0.280 e. The van der Waals surface area contributed by atoms with Crippen LogP contribution in [0.1, 0.15) is 44.8 Å². The van der Waals surface area contributed by atoms with Gasteiger partial charge in [-0.1, -0.05) is 95.5 Å². The first kappa shape index (κ1) is 34.6. The standard InChI is InChI=1S/C34H29ClN2O8S3/c1-22-5-11-26(12-6-22)15-19-28-17-9-24(3)33(38)36(28)44-47(40,41)30-21-31(46-32(30)35)48(42,43)45-37-29(18-10-25(4)34(37)39)20-16-27-13-7-23(2)8-14-27/h5-21H,1-4H3. The molecule has 0 amide bonds. The average Bonchev–Trinajstić information content (AvgIpc) is 3.46. The Hall–Kier alpha value is -4.69. The molecule has 3 heterocycles. The van der Waals surface area contributed by atoms with Crippen molar-refractivity contribution in [2.45, 2.75) is 36.8 Å². The first-order valence-electron chi connectivity index (χ1n) is 14.3. The molecule has 0 saturated carbocycles. The van der Waals surface area contributed by atoms with E-state index in [2.05, 4.69) is 0 Å². The molecular formula is C34H29ClN2O8S3. The smallest absolute Gasteiger partial charge is 0.280 e. The molecule has 0 bridgehead atoms. The normalized spacial score (nSPS) is 12.2.